The lowest BCUT2D eigenvalue weighted by molar-refractivity contribution is 0.0526. The van der Waals surface area contributed by atoms with Crippen molar-refractivity contribution < 1.29 is 9.53 Å². The lowest BCUT2D eigenvalue weighted by Crippen LogP contribution is -2.42. The second-order valence-electron chi connectivity index (χ2n) is 5.74. The van der Waals surface area contributed by atoms with Gasteiger partial charge in [0.25, 0.3) is 0 Å². The number of ether oxygens (including phenoxy) is 1. The molecule has 0 aromatic heterocycles. The molecule has 1 fully saturated rings. The maximum absolute atomic E-state index is 11.6. The first-order valence-electron chi connectivity index (χ1n) is 8.53. The number of hydrogen-bond acceptors (Lipinski definition) is 3. The zero-order chi connectivity index (χ0) is 16.5. The third-order valence-corrected chi connectivity index (χ3v) is 3.93. The summed E-state index contributed by atoms with van der Waals surface area (Å²) in [5, 5.41) is 6.79. The van der Waals surface area contributed by atoms with E-state index >= 15 is 0 Å². The molecular formula is C18H28IN3O2. The predicted octanol–water partition coefficient (Wildman–Crippen LogP) is 3.48. The topological polar surface area (TPSA) is 62.7 Å². The van der Waals surface area contributed by atoms with Crippen LogP contribution in [0.15, 0.2) is 29.3 Å². The summed E-state index contributed by atoms with van der Waals surface area (Å²) in [7, 11) is 0. The van der Waals surface area contributed by atoms with Gasteiger partial charge < -0.3 is 15.4 Å². The maximum atomic E-state index is 11.6. The molecule has 1 aromatic rings. The largest absolute Gasteiger partial charge is 0.462 e. The molecule has 5 nitrogen and oxygen atoms in total. The summed E-state index contributed by atoms with van der Waals surface area (Å²) in [6, 6.07) is 7.98. The third kappa shape index (κ3) is 6.67. The Morgan fingerprint density at radius 2 is 1.88 bits per heavy atom. The minimum absolute atomic E-state index is 0. The van der Waals surface area contributed by atoms with E-state index in [0.29, 0.717) is 24.8 Å². The van der Waals surface area contributed by atoms with E-state index in [-0.39, 0.29) is 29.9 Å². The second kappa shape index (κ2) is 11.3. The van der Waals surface area contributed by atoms with E-state index in [0.717, 1.165) is 18.1 Å². The SMILES string of the molecule is CCNC(=NCc1ccc(C(=O)OCC)cc1)NC1CCCC1.I. The Hall–Kier alpha value is -1.31. The van der Waals surface area contributed by atoms with Gasteiger partial charge in [0.1, 0.15) is 0 Å². The third-order valence-electron chi connectivity index (χ3n) is 3.93. The molecule has 0 bridgehead atoms. The van der Waals surface area contributed by atoms with Crippen molar-refractivity contribution in [3.8, 4) is 0 Å². The first-order valence-corrected chi connectivity index (χ1v) is 8.53. The molecule has 0 amide bonds. The summed E-state index contributed by atoms with van der Waals surface area (Å²) in [5.74, 6) is 0.590. The molecule has 0 aliphatic heterocycles. The second-order valence-corrected chi connectivity index (χ2v) is 5.74. The molecule has 0 radical (unpaired) electrons. The molecule has 0 heterocycles. The minimum atomic E-state index is -0.279. The van der Waals surface area contributed by atoms with Gasteiger partial charge in [0.15, 0.2) is 5.96 Å². The fourth-order valence-corrected chi connectivity index (χ4v) is 2.71. The van der Waals surface area contributed by atoms with Gasteiger partial charge in [-0.15, -0.1) is 24.0 Å². The molecule has 2 rings (SSSR count). The van der Waals surface area contributed by atoms with Gasteiger partial charge in [0, 0.05) is 12.6 Å². The Morgan fingerprint density at radius 1 is 1.21 bits per heavy atom. The summed E-state index contributed by atoms with van der Waals surface area (Å²) in [4.78, 5) is 16.3. The summed E-state index contributed by atoms with van der Waals surface area (Å²) in [6.07, 6.45) is 5.04. The molecule has 0 unspecified atom stereocenters. The van der Waals surface area contributed by atoms with Gasteiger partial charge in [-0.2, -0.15) is 0 Å². The van der Waals surface area contributed by atoms with E-state index < -0.39 is 0 Å². The van der Waals surface area contributed by atoms with Crippen LogP contribution in [-0.4, -0.2) is 31.1 Å². The van der Waals surface area contributed by atoms with Crippen LogP contribution < -0.4 is 10.6 Å². The molecule has 1 aliphatic rings. The van der Waals surface area contributed by atoms with Crippen molar-refractivity contribution in [3.63, 3.8) is 0 Å². The van der Waals surface area contributed by atoms with Crippen LogP contribution in [0, 0.1) is 0 Å². The monoisotopic (exact) mass is 445 g/mol. The standard InChI is InChI=1S/C18H27N3O2.HI/c1-3-19-18(21-16-7-5-6-8-16)20-13-14-9-11-15(12-10-14)17(22)23-4-2;/h9-12,16H,3-8,13H2,1-2H3,(H2,19,20,21);1H. The van der Waals surface area contributed by atoms with E-state index in [1.807, 2.05) is 12.1 Å². The lowest BCUT2D eigenvalue weighted by atomic mass is 10.1. The van der Waals surface area contributed by atoms with Crippen LogP contribution in [0.5, 0.6) is 0 Å². The molecule has 1 aliphatic carbocycles. The number of rotatable bonds is 6. The van der Waals surface area contributed by atoms with Crippen LogP contribution in [0.25, 0.3) is 0 Å². The number of nitrogens with one attached hydrogen (secondary N) is 2. The number of aliphatic imine (C=N–C) groups is 1. The van der Waals surface area contributed by atoms with Crippen molar-refractivity contribution >= 4 is 35.9 Å². The van der Waals surface area contributed by atoms with E-state index in [4.69, 9.17) is 4.74 Å². The smallest absolute Gasteiger partial charge is 0.338 e. The molecule has 0 saturated heterocycles. The Labute approximate surface area is 161 Å². The average Bonchev–Trinajstić information content (AvgIpc) is 3.06. The number of benzene rings is 1. The van der Waals surface area contributed by atoms with E-state index in [1.165, 1.54) is 25.7 Å². The predicted molar refractivity (Wildman–Crippen MR) is 108 cm³/mol. The fraction of sp³-hybridized carbons (Fsp3) is 0.556. The molecule has 1 saturated carbocycles. The van der Waals surface area contributed by atoms with Crippen LogP contribution in [0.3, 0.4) is 0 Å². The van der Waals surface area contributed by atoms with Gasteiger partial charge in [-0.3, -0.25) is 0 Å². The van der Waals surface area contributed by atoms with Gasteiger partial charge in [-0.05, 0) is 44.4 Å². The zero-order valence-electron chi connectivity index (χ0n) is 14.5. The first kappa shape index (κ1) is 20.7. The first-order chi connectivity index (χ1) is 11.2. The number of esters is 1. The molecule has 0 atom stereocenters. The zero-order valence-corrected chi connectivity index (χ0v) is 16.8. The number of halogens is 1. The van der Waals surface area contributed by atoms with Gasteiger partial charge in [-0.1, -0.05) is 25.0 Å². The fourth-order valence-electron chi connectivity index (χ4n) is 2.71. The van der Waals surface area contributed by atoms with Crippen LogP contribution in [0.1, 0.15) is 55.5 Å². The van der Waals surface area contributed by atoms with Gasteiger partial charge in [0.05, 0.1) is 18.7 Å². The molecular weight excluding hydrogens is 417 g/mol. The molecule has 6 heteroatoms. The van der Waals surface area contributed by atoms with Gasteiger partial charge >= 0.3 is 5.97 Å². The van der Waals surface area contributed by atoms with Crippen molar-refractivity contribution in [2.75, 3.05) is 13.2 Å². The lowest BCUT2D eigenvalue weighted by Gasteiger charge is -2.16. The molecule has 24 heavy (non-hydrogen) atoms. The van der Waals surface area contributed by atoms with Gasteiger partial charge in [-0.25, -0.2) is 9.79 Å². The Balaban J connectivity index is 0.00000288. The number of guanidine groups is 1. The molecule has 1 aromatic carbocycles. The normalized spacial score (nSPS) is 14.8. The van der Waals surface area contributed by atoms with E-state index in [1.54, 1.807) is 19.1 Å². The van der Waals surface area contributed by atoms with Crippen molar-refractivity contribution in [1.29, 1.82) is 0 Å². The molecule has 0 spiro atoms. The van der Waals surface area contributed by atoms with E-state index in [9.17, 15) is 4.79 Å². The van der Waals surface area contributed by atoms with Gasteiger partial charge in [0.2, 0.25) is 0 Å². The highest BCUT2D eigenvalue weighted by Crippen LogP contribution is 2.17. The summed E-state index contributed by atoms with van der Waals surface area (Å²) >= 11 is 0. The maximum Gasteiger partial charge on any atom is 0.338 e. The highest BCUT2D eigenvalue weighted by Gasteiger charge is 2.15. The van der Waals surface area contributed by atoms with Crippen LogP contribution in [-0.2, 0) is 11.3 Å². The van der Waals surface area contributed by atoms with E-state index in [2.05, 4.69) is 22.5 Å². The molecule has 134 valence electrons. The van der Waals surface area contributed by atoms with Crippen LogP contribution >= 0.6 is 24.0 Å². The van der Waals surface area contributed by atoms with Crippen molar-refractivity contribution in [1.82, 2.24) is 10.6 Å². The number of carbonyl (C=O) groups excluding carboxylic acids is 1. The van der Waals surface area contributed by atoms with Crippen molar-refractivity contribution in [3.05, 3.63) is 35.4 Å². The Bertz CT molecular complexity index is 526. The summed E-state index contributed by atoms with van der Waals surface area (Å²) in [5.41, 5.74) is 1.65. The highest BCUT2D eigenvalue weighted by molar-refractivity contribution is 14.0. The summed E-state index contributed by atoms with van der Waals surface area (Å²) < 4.78 is 4.99. The van der Waals surface area contributed by atoms with Crippen LogP contribution in [0.4, 0.5) is 0 Å². The number of hydrogen-bond donors (Lipinski definition) is 2. The average molecular weight is 445 g/mol. The van der Waals surface area contributed by atoms with Crippen molar-refractivity contribution in [2.45, 2.75) is 52.1 Å². The quantitative estimate of drug-likeness (QED) is 0.305. The highest BCUT2D eigenvalue weighted by atomic mass is 127. The van der Waals surface area contributed by atoms with Crippen LogP contribution in [0.2, 0.25) is 0 Å². The Morgan fingerprint density at radius 3 is 2.46 bits per heavy atom. The molecule has 2 N–H and O–H groups in total. The minimum Gasteiger partial charge on any atom is -0.462 e. The number of nitrogens with zero attached hydrogens (tertiary/aromatic N) is 1. The number of carbonyl (C=O) groups is 1. The Kier molecular flexibility index (Phi) is 9.75. The van der Waals surface area contributed by atoms with Crippen molar-refractivity contribution in [2.24, 2.45) is 4.99 Å². The summed E-state index contributed by atoms with van der Waals surface area (Å²) in [6.45, 7) is 5.70.